The highest BCUT2D eigenvalue weighted by Crippen LogP contribution is 2.26. The smallest absolute Gasteiger partial charge is 0.255 e. The van der Waals surface area contributed by atoms with Crippen molar-refractivity contribution in [2.45, 2.75) is 45.1 Å². The molecule has 0 bridgehead atoms. The fourth-order valence-electron chi connectivity index (χ4n) is 3.22. The third-order valence-corrected chi connectivity index (χ3v) is 4.57. The third-order valence-electron chi connectivity index (χ3n) is 4.57. The van der Waals surface area contributed by atoms with E-state index in [2.05, 4.69) is 20.4 Å². The predicted molar refractivity (Wildman–Crippen MR) is 94.3 cm³/mol. The minimum absolute atomic E-state index is 0.131. The van der Waals surface area contributed by atoms with E-state index in [0.29, 0.717) is 30.7 Å². The zero-order valence-electron chi connectivity index (χ0n) is 14.8. The lowest BCUT2D eigenvalue weighted by molar-refractivity contribution is -0.121. The average Bonchev–Trinajstić information content (AvgIpc) is 3.43. The van der Waals surface area contributed by atoms with Gasteiger partial charge in [-0.25, -0.2) is 4.98 Å². The van der Waals surface area contributed by atoms with E-state index in [-0.39, 0.29) is 31.6 Å². The molecule has 0 saturated carbocycles. The molecule has 1 aliphatic heterocycles. The number of nitrogens with zero attached hydrogens (tertiary/aromatic N) is 4. The van der Waals surface area contributed by atoms with E-state index in [1.165, 1.54) is 0 Å². The number of para-hydroxylation sites is 2. The van der Waals surface area contributed by atoms with Crippen LogP contribution in [0.25, 0.3) is 11.0 Å². The van der Waals surface area contributed by atoms with Crippen molar-refractivity contribution >= 4 is 16.9 Å². The predicted octanol–water partition coefficient (Wildman–Crippen LogP) is 1.47. The first kappa shape index (κ1) is 17.6. The van der Waals surface area contributed by atoms with Gasteiger partial charge in [0.1, 0.15) is 18.5 Å². The molecule has 142 valence electrons. The van der Waals surface area contributed by atoms with Crippen molar-refractivity contribution in [1.29, 1.82) is 0 Å². The number of aryl methyl sites for hydroxylation is 1. The van der Waals surface area contributed by atoms with E-state index < -0.39 is 0 Å². The zero-order valence-corrected chi connectivity index (χ0v) is 14.8. The Morgan fingerprint density at radius 1 is 1.33 bits per heavy atom. The fourth-order valence-corrected chi connectivity index (χ4v) is 3.22. The highest BCUT2D eigenvalue weighted by molar-refractivity contribution is 5.77. The lowest BCUT2D eigenvalue weighted by Crippen LogP contribution is -2.24. The van der Waals surface area contributed by atoms with Crippen LogP contribution in [0, 0.1) is 0 Å². The number of imidazole rings is 1. The van der Waals surface area contributed by atoms with Gasteiger partial charge < -0.3 is 24.3 Å². The van der Waals surface area contributed by atoms with E-state index in [1.54, 1.807) is 0 Å². The van der Waals surface area contributed by atoms with Crippen LogP contribution < -0.4 is 5.32 Å². The Morgan fingerprint density at radius 3 is 3.04 bits per heavy atom. The first-order valence-corrected chi connectivity index (χ1v) is 9.00. The maximum atomic E-state index is 12.2. The number of ether oxygens (including phenoxy) is 1. The maximum Gasteiger partial charge on any atom is 0.255 e. The Morgan fingerprint density at radius 2 is 2.22 bits per heavy atom. The highest BCUT2D eigenvalue weighted by Gasteiger charge is 2.23. The van der Waals surface area contributed by atoms with E-state index in [1.807, 2.05) is 28.8 Å². The number of nitrogens with one attached hydrogen (secondary N) is 1. The van der Waals surface area contributed by atoms with Gasteiger partial charge in [0.2, 0.25) is 5.91 Å². The molecule has 0 spiro atoms. The molecule has 2 aromatic heterocycles. The molecule has 3 aromatic rings. The van der Waals surface area contributed by atoms with Crippen molar-refractivity contribution in [3.05, 3.63) is 41.8 Å². The van der Waals surface area contributed by atoms with E-state index in [0.717, 1.165) is 23.9 Å². The lowest BCUT2D eigenvalue weighted by Gasteiger charge is -2.08. The number of amides is 1. The fraction of sp³-hybridized carbons (Fsp3) is 0.444. The topological polar surface area (TPSA) is 115 Å². The molecule has 9 heteroatoms. The monoisotopic (exact) mass is 371 g/mol. The Labute approximate surface area is 155 Å². The largest absolute Gasteiger partial charge is 0.388 e. The molecule has 1 fully saturated rings. The number of aliphatic hydroxyl groups is 1. The van der Waals surface area contributed by atoms with Crippen LogP contribution in [0.4, 0.5) is 0 Å². The number of fused-ring (bicyclic) bond motifs is 1. The molecule has 1 atom stereocenters. The molecular formula is C18H21N5O4. The molecule has 1 aromatic carbocycles. The second kappa shape index (κ2) is 7.85. The average molecular weight is 371 g/mol. The van der Waals surface area contributed by atoms with Crippen LogP contribution in [0.2, 0.25) is 0 Å². The van der Waals surface area contributed by atoms with Gasteiger partial charge in [0.05, 0.1) is 17.6 Å². The molecule has 9 nitrogen and oxygen atoms in total. The van der Waals surface area contributed by atoms with Crippen LogP contribution in [0.5, 0.6) is 0 Å². The van der Waals surface area contributed by atoms with Crippen molar-refractivity contribution < 1.29 is 19.2 Å². The number of carbonyl (C=O) groups excluding carboxylic acids is 1. The van der Waals surface area contributed by atoms with Crippen molar-refractivity contribution in [1.82, 2.24) is 25.0 Å². The van der Waals surface area contributed by atoms with Gasteiger partial charge >= 0.3 is 0 Å². The Bertz CT molecular complexity index is 929. The quantitative estimate of drug-likeness (QED) is 0.646. The van der Waals surface area contributed by atoms with E-state index >= 15 is 0 Å². The van der Waals surface area contributed by atoms with Gasteiger partial charge in [-0.05, 0) is 25.0 Å². The summed E-state index contributed by atoms with van der Waals surface area (Å²) in [5, 5.41) is 16.2. The summed E-state index contributed by atoms with van der Waals surface area (Å²) in [6, 6.07) is 7.60. The maximum absolute atomic E-state index is 12.2. The summed E-state index contributed by atoms with van der Waals surface area (Å²) in [5.41, 5.74) is 1.70. The summed E-state index contributed by atoms with van der Waals surface area (Å²) in [6.07, 6.45) is 1.98. The van der Waals surface area contributed by atoms with Crippen LogP contribution in [-0.4, -0.2) is 37.3 Å². The van der Waals surface area contributed by atoms with Crippen molar-refractivity contribution in [2.75, 3.05) is 6.61 Å². The summed E-state index contributed by atoms with van der Waals surface area (Å²) in [4.78, 5) is 20.8. The minimum Gasteiger partial charge on any atom is -0.388 e. The summed E-state index contributed by atoms with van der Waals surface area (Å²) in [5.74, 6) is 1.30. The molecule has 2 N–H and O–H groups in total. The summed E-state index contributed by atoms with van der Waals surface area (Å²) in [7, 11) is 0. The number of rotatable bonds is 7. The normalized spacial score (nSPS) is 16.9. The SMILES string of the molecule is O=C(CCn1c(CO)nc2ccccc21)NCc1noc(C2CCCO2)n1. The van der Waals surface area contributed by atoms with Crippen molar-refractivity contribution in [3.63, 3.8) is 0 Å². The molecule has 3 heterocycles. The number of aliphatic hydroxyl groups excluding tert-OH is 1. The minimum atomic E-state index is -0.175. The molecule has 27 heavy (non-hydrogen) atoms. The summed E-state index contributed by atoms with van der Waals surface area (Å²) < 4.78 is 12.6. The lowest BCUT2D eigenvalue weighted by atomic mass is 10.2. The highest BCUT2D eigenvalue weighted by atomic mass is 16.5. The first-order chi connectivity index (χ1) is 13.2. The van der Waals surface area contributed by atoms with Crippen LogP contribution in [0.1, 0.15) is 42.9 Å². The summed E-state index contributed by atoms with van der Waals surface area (Å²) in [6.45, 7) is 1.16. The van der Waals surface area contributed by atoms with Gasteiger partial charge in [-0.2, -0.15) is 4.98 Å². The van der Waals surface area contributed by atoms with Gasteiger partial charge in [0.25, 0.3) is 5.89 Å². The molecule has 0 radical (unpaired) electrons. The van der Waals surface area contributed by atoms with Gasteiger partial charge in [-0.15, -0.1) is 0 Å². The van der Waals surface area contributed by atoms with Crippen LogP contribution >= 0.6 is 0 Å². The Hall–Kier alpha value is -2.78. The van der Waals surface area contributed by atoms with Gasteiger partial charge in [0.15, 0.2) is 5.82 Å². The molecular weight excluding hydrogens is 350 g/mol. The Kier molecular flexibility index (Phi) is 5.12. The number of hydrogen-bond donors (Lipinski definition) is 2. The number of carbonyl (C=O) groups is 1. The van der Waals surface area contributed by atoms with Crippen LogP contribution in [-0.2, 0) is 29.2 Å². The third kappa shape index (κ3) is 3.83. The standard InChI is InChI=1S/C18H21N5O4/c24-11-16-20-12-4-1-2-5-13(12)23(16)8-7-17(25)19-10-15-21-18(27-22-15)14-6-3-9-26-14/h1-2,4-5,14,24H,3,6-11H2,(H,19,25). The zero-order chi connectivity index (χ0) is 18.6. The second-order valence-electron chi connectivity index (χ2n) is 6.40. The van der Waals surface area contributed by atoms with Gasteiger partial charge in [0, 0.05) is 19.6 Å². The first-order valence-electron chi connectivity index (χ1n) is 9.00. The molecule has 4 rings (SSSR count). The number of hydrogen-bond acceptors (Lipinski definition) is 7. The van der Waals surface area contributed by atoms with E-state index in [4.69, 9.17) is 9.26 Å². The molecule has 1 amide bonds. The Balaban J connectivity index is 1.32. The summed E-state index contributed by atoms with van der Waals surface area (Å²) >= 11 is 0. The van der Waals surface area contributed by atoms with Crippen molar-refractivity contribution in [2.24, 2.45) is 0 Å². The van der Waals surface area contributed by atoms with Gasteiger partial charge in [-0.3, -0.25) is 4.79 Å². The molecule has 1 aliphatic rings. The molecule has 1 saturated heterocycles. The number of aromatic nitrogens is 4. The second-order valence-corrected chi connectivity index (χ2v) is 6.40. The van der Waals surface area contributed by atoms with E-state index in [9.17, 15) is 9.90 Å². The number of benzene rings is 1. The van der Waals surface area contributed by atoms with Crippen molar-refractivity contribution in [3.8, 4) is 0 Å². The van der Waals surface area contributed by atoms with Gasteiger partial charge in [-0.1, -0.05) is 17.3 Å². The van der Waals surface area contributed by atoms with Crippen LogP contribution in [0.15, 0.2) is 28.8 Å². The molecule has 0 aliphatic carbocycles. The van der Waals surface area contributed by atoms with Crippen LogP contribution in [0.3, 0.4) is 0 Å². The molecule has 1 unspecified atom stereocenters.